The summed E-state index contributed by atoms with van der Waals surface area (Å²) in [5, 5.41) is 0. The monoisotopic (exact) mass is 354 g/mol. The van der Waals surface area contributed by atoms with Crippen molar-refractivity contribution in [2.45, 2.75) is 13.3 Å². The SMILES string of the molecule is COCCN1CCCN(C(=O)c2ccc(Br)c(C)c2)CC1. The lowest BCUT2D eigenvalue weighted by molar-refractivity contribution is 0.0759. The molecule has 0 atom stereocenters. The number of aryl methyl sites for hydroxylation is 1. The zero-order chi connectivity index (χ0) is 15.2. The van der Waals surface area contributed by atoms with E-state index in [9.17, 15) is 4.79 Å². The van der Waals surface area contributed by atoms with E-state index >= 15 is 0 Å². The second-order valence-corrected chi connectivity index (χ2v) is 6.30. The lowest BCUT2D eigenvalue weighted by Crippen LogP contribution is -2.36. The minimum atomic E-state index is 0.138. The summed E-state index contributed by atoms with van der Waals surface area (Å²) in [6.45, 7) is 7.28. The molecule has 1 fully saturated rings. The molecule has 0 spiro atoms. The second-order valence-electron chi connectivity index (χ2n) is 5.44. The summed E-state index contributed by atoms with van der Waals surface area (Å²) in [6.07, 6.45) is 1.02. The third-order valence-electron chi connectivity index (χ3n) is 3.89. The van der Waals surface area contributed by atoms with Crippen LogP contribution >= 0.6 is 15.9 Å². The van der Waals surface area contributed by atoms with Gasteiger partial charge in [0.05, 0.1) is 6.61 Å². The first-order chi connectivity index (χ1) is 10.1. The van der Waals surface area contributed by atoms with Crippen molar-refractivity contribution in [3.8, 4) is 0 Å². The lowest BCUT2D eigenvalue weighted by Gasteiger charge is -2.22. The number of hydrogen-bond acceptors (Lipinski definition) is 3. The highest BCUT2D eigenvalue weighted by Crippen LogP contribution is 2.18. The molecule has 1 aliphatic rings. The van der Waals surface area contributed by atoms with E-state index in [1.165, 1.54) is 0 Å². The van der Waals surface area contributed by atoms with Gasteiger partial charge in [0.25, 0.3) is 5.91 Å². The van der Waals surface area contributed by atoms with E-state index in [0.29, 0.717) is 0 Å². The number of rotatable bonds is 4. The summed E-state index contributed by atoms with van der Waals surface area (Å²) >= 11 is 3.48. The van der Waals surface area contributed by atoms with Gasteiger partial charge in [-0.2, -0.15) is 0 Å². The van der Waals surface area contributed by atoms with Crippen molar-refractivity contribution < 1.29 is 9.53 Å². The Bertz CT molecular complexity index is 493. The van der Waals surface area contributed by atoms with E-state index in [4.69, 9.17) is 4.74 Å². The summed E-state index contributed by atoms with van der Waals surface area (Å²) in [6, 6.07) is 5.80. The molecule has 0 unspecified atom stereocenters. The Morgan fingerprint density at radius 3 is 2.81 bits per heavy atom. The molecule has 1 aliphatic heterocycles. The molecule has 21 heavy (non-hydrogen) atoms. The molecule has 0 saturated carbocycles. The largest absolute Gasteiger partial charge is 0.383 e. The Hall–Kier alpha value is -0.910. The fourth-order valence-corrected chi connectivity index (χ4v) is 2.82. The molecule has 1 heterocycles. The molecule has 2 rings (SSSR count). The van der Waals surface area contributed by atoms with Crippen molar-refractivity contribution >= 4 is 21.8 Å². The summed E-state index contributed by atoms with van der Waals surface area (Å²) in [5.74, 6) is 0.138. The number of carbonyl (C=O) groups excluding carboxylic acids is 1. The summed E-state index contributed by atoms with van der Waals surface area (Å²) in [4.78, 5) is 16.9. The smallest absolute Gasteiger partial charge is 0.253 e. The number of methoxy groups -OCH3 is 1. The number of hydrogen-bond donors (Lipinski definition) is 0. The third-order valence-corrected chi connectivity index (χ3v) is 4.78. The molecule has 1 aromatic carbocycles. The minimum Gasteiger partial charge on any atom is -0.383 e. The van der Waals surface area contributed by atoms with Crippen LogP contribution in [-0.2, 0) is 4.74 Å². The normalized spacial score (nSPS) is 16.8. The molecule has 0 aliphatic carbocycles. The maximum atomic E-state index is 12.6. The number of nitrogens with zero attached hydrogens (tertiary/aromatic N) is 2. The van der Waals surface area contributed by atoms with Crippen LogP contribution in [0.2, 0.25) is 0 Å². The standard InChI is InChI=1S/C16H23BrN2O2/c1-13-12-14(4-5-15(13)17)16(20)19-7-3-6-18(8-9-19)10-11-21-2/h4-5,12H,3,6-11H2,1-2H3. The van der Waals surface area contributed by atoms with E-state index in [0.717, 1.165) is 61.4 Å². The second kappa shape index (κ2) is 7.92. The zero-order valence-electron chi connectivity index (χ0n) is 12.8. The molecule has 5 heteroatoms. The van der Waals surface area contributed by atoms with Crippen LogP contribution in [-0.4, -0.2) is 62.1 Å². The number of ether oxygens (including phenoxy) is 1. The molecular formula is C16H23BrN2O2. The van der Waals surface area contributed by atoms with E-state index in [-0.39, 0.29) is 5.91 Å². The van der Waals surface area contributed by atoms with E-state index in [1.54, 1.807) is 7.11 Å². The van der Waals surface area contributed by atoms with Crippen molar-refractivity contribution in [1.82, 2.24) is 9.80 Å². The van der Waals surface area contributed by atoms with Gasteiger partial charge in [0, 0.05) is 43.3 Å². The molecule has 1 amide bonds. The summed E-state index contributed by atoms with van der Waals surface area (Å²) in [5.41, 5.74) is 1.87. The predicted octanol–water partition coefficient (Wildman–Crippen LogP) is 2.55. The van der Waals surface area contributed by atoms with Gasteiger partial charge in [-0.1, -0.05) is 15.9 Å². The Morgan fingerprint density at radius 2 is 2.10 bits per heavy atom. The Balaban J connectivity index is 1.98. The number of carbonyl (C=O) groups is 1. The number of amides is 1. The van der Waals surface area contributed by atoms with Crippen LogP contribution in [0.15, 0.2) is 22.7 Å². The maximum Gasteiger partial charge on any atom is 0.253 e. The number of halogens is 1. The van der Waals surface area contributed by atoms with Crippen LogP contribution in [0.5, 0.6) is 0 Å². The van der Waals surface area contributed by atoms with Crippen LogP contribution in [0.1, 0.15) is 22.3 Å². The first-order valence-corrected chi connectivity index (χ1v) is 8.18. The topological polar surface area (TPSA) is 32.8 Å². The van der Waals surface area contributed by atoms with Crippen LogP contribution < -0.4 is 0 Å². The van der Waals surface area contributed by atoms with Crippen LogP contribution in [0, 0.1) is 6.92 Å². The van der Waals surface area contributed by atoms with Crippen LogP contribution in [0.3, 0.4) is 0 Å². The molecule has 0 N–H and O–H groups in total. The van der Waals surface area contributed by atoms with Crippen molar-refractivity contribution in [2.75, 3.05) is 46.4 Å². The van der Waals surface area contributed by atoms with Crippen molar-refractivity contribution in [3.63, 3.8) is 0 Å². The van der Waals surface area contributed by atoms with Crippen molar-refractivity contribution in [1.29, 1.82) is 0 Å². The highest BCUT2D eigenvalue weighted by Gasteiger charge is 2.20. The van der Waals surface area contributed by atoms with Crippen molar-refractivity contribution in [3.05, 3.63) is 33.8 Å². The molecule has 0 radical (unpaired) electrons. The van der Waals surface area contributed by atoms with Gasteiger partial charge < -0.3 is 9.64 Å². The molecule has 4 nitrogen and oxygen atoms in total. The Kier molecular flexibility index (Phi) is 6.21. The van der Waals surface area contributed by atoms with E-state index < -0.39 is 0 Å². The van der Waals surface area contributed by atoms with Crippen LogP contribution in [0.25, 0.3) is 0 Å². The fraction of sp³-hybridized carbons (Fsp3) is 0.562. The molecule has 1 aromatic rings. The highest BCUT2D eigenvalue weighted by molar-refractivity contribution is 9.10. The highest BCUT2D eigenvalue weighted by atomic mass is 79.9. The van der Waals surface area contributed by atoms with Crippen molar-refractivity contribution in [2.24, 2.45) is 0 Å². The summed E-state index contributed by atoms with van der Waals surface area (Å²) < 4.78 is 6.17. The Labute approximate surface area is 135 Å². The molecule has 0 aromatic heterocycles. The quantitative estimate of drug-likeness (QED) is 0.832. The van der Waals surface area contributed by atoms with E-state index in [1.807, 2.05) is 30.0 Å². The minimum absolute atomic E-state index is 0.138. The maximum absolute atomic E-state index is 12.6. The summed E-state index contributed by atoms with van der Waals surface area (Å²) in [7, 11) is 1.73. The van der Waals surface area contributed by atoms with Gasteiger partial charge in [-0.15, -0.1) is 0 Å². The van der Waals surface area contributed by atoms with Gasteiger partial charge in [0.1, 0.15) is 0 Å². The predicted molar refractivity (Wildman–Crippen MR) is 87.7 cm³/mol. The zero-order valence-corrected chi connectivity index (χ0v) is 14.4. The molecule has 0 bridgehead atoms. The molecule has 1 saturated heterocycles. The lowest BCUT2D eigenvalue weighted by atomic mass is 10.1. The van der Waals surface area contributed by atoms with Crippen LogP contribution in [0.4, 0.5) is 0 Å². The Morgan fingerprint density at radius 1 is 1.29 bits per heavy atom. The first kappa shape index (κ1) is 16.5. The number of benzene rings is 1. The van der Waals surface area contributed by atoms with Gasteiger partial charge in [-0.05, 0) is 43.7 Å². The average molecular weight is 355 g/mol. The van der Waals surface area contributed by atoms with Gasteiger partial charge >= 0.3 is 0 Å². The average Bonchev–Trinajstić information content (AvgIpc) is 2.73. The van der Waals surface area contributed by atoms with Gasteiger partial charge in [-0.3, -0.25) is 9.69 Å². The molecule has 116 valence electrons. The molecular weight excluding hydrogens is 332 g/mol. The van der Waals surface area contributed by atoms with E-state index in [2.05, 4.69) is 20.8 Å². The van der Waals surface area contributed by atoms with Gasteiger partial charge in [0.2, 0.25) is 0 Å². The first-order valence-electron chi connectivity index (χ1n) is 7.38. The fourth-order valence-electron chi connectivity index (χ4n) is 2.58. The van der Waals surface area contributed by atoms with Gasteiger partial charge in [-0.25, -0.2) is 0 Å². The third kappa shape index (κ3) is 4.53. The van der Waals surface area contributed by atoms with Gasteiger partial charge in [0.15, 0.2) is 0 Å².